The molecule has 4 heteroatoms. The zero-order chi connectivity index (χ0) is 13.2. The summed E-state index contributed by atoms with van der Waals surface area (Å²) < 4.78 is 1.88. The third-order valence-electron chi connectivity index (χ3n) is 4.05. The Labute approximate surface area is 112 Å². The summed E-state index contributed by atoms with van der Waals surface area (Å²) in [6, 6.07) is 8.34. The van der Waals surface area contributed by atoms with E-state index in [9.17, 15) is 4.79 Å². The molecule has 1 aromatic heterocycles. The van der Waals surface area contributed by atoms with E-state index in [-0.39, 0.29) is 5.56 Å². The number of fused-ring (bicyclic) bond motifs is 1. The zero-order valence-corrected chi connectivity index (χ0v) is 11.2. The lowest BCUT2D eigenvalue weighted by atomic mass is 10.2. The number of likely N-dealkylation sites (N-methyl/N-ethyl adjacent to an activating group) is 1. The van der Waals surface area contributed by atoms with Crippen LogP contribution in [0.3, 0.4) is 0 Å². The first-order valence-corrected chi connectivity index (χ1v) is 6.98. The van der Waals surface area contributed by atoms with Crippen molar-refractivity contribution in [3.63, 3.8) is 0 Å². The van der Waals surface area contributed by atoms with Gasteiger partial charge in [-0.05, 0) is 38.1 Å². The highest BCUT2D eigenvalue weighted by Crippen LogP contribution is 2.19. The van der Waals surface area contributed by atoms with Crippen molar-refractivity contribution in [3.8, 4) is 0 Å². The molecule has 2 aromatic rings. The fraction of sp³-hybridized carbons (Fsp3) is 0.467. The number of nitrogens with zero attached hydrogens (tertiary/aromatic N) is 3. The van der Waals surface area contributed by atoms with E-state index >= 15 is 0 Å². The molecule has 4 nitrogen and oxygen atoms in total. The van der Waals surface area contributed by atoms with Crippen LogP contribution in [0, 0.1) is 0 Å². The number of benzene rings is 1. The van der Waals surface area contributed by atoms with Crippen LogP contribution in [0.5, 0.6) is 0 Å². The van der Waals surface area contributed by atoms with Crippen molar-refractivity contribution in [1.29, 1.82) is 0 Å². The van der Waals surface area contributed by atoms with E-state index in [4.69, 9.17) is 0 Å². The maximum atomic E-state index is 12.1. The summed E-state index contributed by atoms with van der Waals surface area (Å²) >= 11 is 0. The number of para-hydroxylation sites is 2. The summed E-state index contributed by atoms with van der Waals surface area (Å²) in [5.74, 6) is 0. The van der Waals surface area contributed by atoms with Gasteiger partial charge in [0.15, 0.2) is 0 Å². The van der Waals surface area contributed by atoms with Crippen molar-refractivity contribution in [2.75, 3.05) is 13.1 Å². The van der Waals surface area contributed by atoms with Gasteiger partial charge in [-0.3, -0.25) is 9.69 Å². The van der Waals surface area contributed by atoms with Gasteiger partial charge in [-0.1, -0.05) is 19.1 Å². The molecule has 1 saturated heterocycles. The Kier molecular flexibility index (Phi) is 3.34. The third-order valence-corrected chi connectivity index (χ3v) is 4.05. The van der Waals surface area contributed by atoms with Crippen LogP contribution in [0.15, 0.2) is 35.3 Å². The standard InChI is InChI=1S/C15H19N3O/c1-2-17-9-5-6-12(17)11-18-14-8-4-3-7-13(14)16-10-15(18)19/h3-4,7-8,10,12H,2,5-6,9,11H2,1H3/t12-/m0/s1. The molecule has 2 heterocycles. The zero-order valence-electron chi connectivity index (χ0n) is 11.2. The molecule has 100 valence electrons. The minimum Gasteiger partial charge on any atom is -0.304 e. The summed E-state index contributed by atoms with van der Waals surface area (Å²) in [6.07, 6.45) is 3.85. The number of aromatic nitrogens is 2. The average Bonchev–Trinajstić information content (AvgIpc) is 2.89. The molecule has 1 aliphatic rings. The first-order valence-electron chi connectivity index (χ1n) is 6.98. The summed E-state index contributed by atoms with van der Waals surface area (Å²) in [4.78, 5) is 18.8. The Morgan fingerprint density at radius 1 is 1.37 bits per heavy atom. The minimum atomic E-state index is 0.00153. The van der Waals surface area contributed by atoms with E-state index in [0.29, 0.717) is 6.04 Å². The van der Waals surface area contributed by atoms with E-state index in [1.165, 1.54) is 19.0 Å². The number of hydrogen-bond acceptors (Lipinski definition) is 3. The van der Waals surface area contributed by atoms with Crippen LogP contribution in [0.4, 0.5) is 0 Å². The largest absolute Gasteiger partial charge is 0.304 e. The molecule has 0 amide bonds. The van der Waals surface area contributed by atoms with Gasteiger partial charge < -0.3 is 4.57 Å². The normalized spacial score (nSPS) is 20.2. The second kappa shape index (κ2) is 5.13. The lowest BCUT2D eigenvalue weighted by molar-refractivity contribution is 0.244. The first kappa shape index (κ1) is 12.4. The Morgan fingerprint density at radius 2 is 2.21 bits per heavy atom. The van der Waals surface area contributed by atoms with Gasteiger partial charge in [0.25, 0.3) is 5.56 Å². The lowest BCUT2D eigenvalue weighted by Crippen LogP contribution is -2.36. The van der Waals surface area contributed by atoms with Crippen LogP contribution in [-0.4, -0.2) is 33.6 Å². The van der Waals surface area contributed by atoms with Crippen molar-refractivity contribution >= 4 is 11.0 Å². The van der Waals surface area contributed by atoms with Crippen molar-refractivity contribution in [1.82, 2.24) is 14.5 Å². The highest BCUT2D eigenvalue weighted by atomic mass is 16.1. The third kappa shape index (κ3) is 2.28. The van der Waals surface area contributed by atoms with Gasteiger partial charge in [-0.25, -0.2) is 4.98 Å². The number of hydrogen-bond donors (Lipinski definition) is 0. The Hall–Kier alpha value is -1.68. The van der Waals surface area contributed by atoms with E-state index in [1.807, 2.05) is 28.8 Å². The highest BCUT2D eigenvalue weighted by Gasteiger charge is 2.23. The monoisotopic (exact) mass is 257 g/mol. The number of likely N-dealkylation sites (tertiary alicyclic amines) is 1. The smallest absolute Gasteiger partial charge is 0.269 e. The Bertz CT molecular complexity index is 635. The van der Waals surface area contributed by atoms with E-state index in [1.54, 1.807) is 0 Å². The van der Waals surface area contributed by atoms with Crippen LogP contribution < -0.4 is 5.56 Å². The van der Waals surface area contributed by atoms with Gasteiger partial charge in [-0.15, -0.1) is 0 Å². The lowest BCUT2D eigenvalue weighted by Gasteiger charge is -2.24. The van der Waals surface area contributed by atoms with Gasteiger partial charge in [0.05, 0.1) is 17.2 Å². The van der Waals surface area contributed by atoms with Crippen molar-refractivity contribution in [2.24, 2.45) is 0 Å². The Morgan fingerprint density at radius 3 is 3.05 bits per heavy atom. The fourth-order valence-electron chi connectivity index (χ4n) is 3.03. The molecular weight excluding hydrogens is 238 g/mol. The topological polar surface area (TPSA) is 38.1 Å². The van der Waals surface area contributed by atoms with Crippen LogP contribution in [0.2, 0.25) is 0 Å². The number of rotatable bonds is 3. The summed E-state index contributed by atoms with van der Waals surface area (Å²) in [5, 5.41) is 0. The second-order valence-corrected chi connectivity index (χ2v) is 5.12. The quantitative estimate of drug-likeness (QED) is 0.842. The molecule has 0 spiro atoms. The predicted molar refractivity (Wildman–Crippen MR) is 76.3 cm³/mol. The van der Waals surface area contributed by atoms with Gasteiger partial charge in [-0.2, -0.15) is 0 Å². The molecule has 0 bridgehead atoms. The van der Waals surface area contributed by atoms with Crippen LogP contribution in [0.1, 0.15) is 19.8 Å². The van der Waals surface area contributed by atoms with Crippen LogP contribution in [-0.2, 0) is 6.54 Å². The summed E-state index contributed by atoms with van der Waals surface area (Å²) in [7, 11) is 0. The molecule has 1 atom stereocenters. The van der Waals surface area contributed by atoms with Gasteiger partial charge in [0.1, 0.15) is 0 Å². The molecule has 0 saturated carbocycles. The van der Waals surface area contributed by atoms with E-state index in [2.05, 4.69) is 16.8 Å². The fourth-order valence-corrected chi connectivity index (χ4v) is 3.03. The van der Waals surface area contributed by atoms with Gasteiger partial charge >= 0.3 is 0 Å². The Balaban J connectivity index is 2.00. The van der Waals surface area contributed by atoms with Gasteiger partial charge in [0.2, 0.25) is 0 Å². The average molecular weight is 257 g/mol. The molecule has 0 aliphatic carbocycles. The van der Waals surface area contributed by atoms with Crippen molar-refractivity contribution < 1.29 is 0 Å². The minimum absolute atomic E-state index is 0.00153. The maximum absolute atomic E-state index is 12.1. The molecule has 0 radical (unpaired) electrons. The molecule has 1 aromatic carbocycles. The summed E-state index contributed by atoms with van der Waals surface area (Å²) in [5.41, 5.74) is 1.84. The van der Waals surface area contributed by atoms with Gasteiger partial charge in [0, 0.05) is 12.6 Å². The SMILES string of the molecule is CCN1CCC[C@H]1Cn1c(=O)cnc2ccccc21. The highest BCUT2D eigenvalue weighted by molar-refractivity contribution is 5.74. The van der Waals surface area contributed by atoms with Crippen LogP contribution in [0.25, 0.3) is 11.0 Å². The molecule has 19 heavy (non-hydrogen) atoms. The first-order chi connectivity index (χ1) is 9.29. The van der Waals surface area contributed by atoms with Crippen molar-refractivity contribution in [3.05, 3.63) is 40.8 Å². The predicted octanol–water partition coefficient (Wildman–Crippen LogP) is 1.88. The molecule has 1 aliphatic heterocycles. The van der Waals surface area contributed by atoms with E-state index < -0.39 is 0 Å². The molecular formula is C15H19N3O. The molecule has 0 N–H and O–H groups in total. The van der Waals surface area contributed by atoms with E-state index in [0.717, 1.165) is 30.7 Å². The summed E-state index contributed by atoms with van der Waals surface area (Å²) in [6.45, 7) is 5.17. The van der Waals surface area contributed by atoms with Crippen molar-refractivity contribution in [2.45, 2.75) is 32.4 Å². The molecule has 1 fully saturated rings. The second-order valence-electron chi connectivity index (χ2n) is 5.12. The molecule has 3 rings (SSSR count). The molecule has 0 unspecified atom stereocenters. The van der Waals surface area contributed by atoms with Crippen LogP contribution >= 0.6 is 0 Å². The maximum Gasteiger partial charge on any atom is 0.269 e.